The predicted octanol–water partition coefficient (Wildman–Crippen LogP) is 4.89. The highest BCUT2D eigenvalue weighted by Crippen LogP contribution is 2.65. The van der Waals surface area contributed by atoms with Crippen LogP contribution in [0.3, 0.4) is 0 Å². The zero-order chi connectivity index (χ0) is 29.6. The smallest absolute Gasteiger partial charge is 0.253 e. The molecule has 0 spiro atoms. The minimum atomic E-state index is -1.97. The van der Waals surface area contributed by atoms with Gasteiger partial charge in [-0.05, 0) is 54.2 Å². The van der Waals surface area contributed by atoms with Crippen LogP contribution >= 0.6 is 34.8 Å². The molecule has 1 N–H and O–H groups in total. The van der Waals surface area contributed by atoms with Crippen molar-refractivity contribution in [1.29, 1.82) is 0 Å². The van der Waals surface area contributed by atoms with Gasteiger partial charge in [-0.1, -0.05) is 48.0 Å². The molecule has 6 rings (SSSR count). The van der Waals surface area contributed by atoms with Gasteiger partial charge in [0.25, 0.3) is 11.8 Å². The molecule has 2 aromatic carbocycles. The third-order valence-electron chi connectivity index (χ3n) is 9.01. The summed E-state index contributed by atoms with van der Waals surface area (Å²) in [4.78, 5) is 53.1. The quantitative estimate of drug-likeness (QED) is 0.299. The van der Waals surface area contributed by atoms with E-state index in [1.807, 2.05) is 6.08 Å². The lowest BCUT2D eigenvalue weighted by Crippen LogP contribution is -2.60. The Morgan fingerprint density at radius 3 is 2.37 bits per heavy atom. The number of ether oxygens (including phenoxy) is 1. The molecule has 4 amide bonds. The van der Waals surface area contributed by atoms with E-state index in [4.69, 9.17) is 39.5 Å². The van der Waals surface area contributed by atoms with Gasteiger partial charge < -0.3 is 9.84 Å². The summed E-state index contributed by atoms with van der Waals surface area (Å²) in [5, 5.41) is 10.3. The van der Waals surface area contributed by atoms with Crippen molar-refractivity contribution < 1.29 is 29.0 Å². The number of hydrogen-bond donors (Lipinski definition) is 1. The molecule has 1 saturated carbocycles. The van der Waals surface area contributed by atoms with Crippen LogP contribution in [0.25, 0.3) is 6.08 Å². The number of fused-ring (bicyclic) bond motifs is 4. The maximum Gasteiger partial charge on any atom is 0.253 e. The Labute approximate surface area is 251 Å². The number of hydrogen-bond acceptors (Lipinski definition) is 6. The molecule has 2 saturated heterocycles. The molecule has 0 radical (unpaired) electrons. The van der Waals surface area contributed by atoms with E-state index in [-0.39, 0.29) is 35.3 Å². The maximum atomic E-state index is 14.0. The molecule has 212 valence electrons. The number of allylic oxidation sites excluding steroid dienone is 2. The number of anilines is 1. The van der Waals surface area contributed by atoms with Gasteiger partial charge in [0.05, 0.1) is 29.7 Å². The van der Waals surface area contributed by atoms with Gasteiger partial charge in [0.15, 0.2) is 21.2 Å². The van der Waals surface area contributed by atoms with E-state index in [2.05, 4.69) is 6.58 Å². The summed E-state index contributed by atoms with van der Waals surface area (Å²) >= 11 is 20.7. The number of halogens is 3. The molecule has 0 bridgehead atoms. The normalized spacial score (nSPS) is 32.5. The molecule has 2 heterocycles. The summed E-state index contributed by atoms with van der Waals surface area (Å²) in [7, 11) is 2.67. The van der Waals surface area contributed by atoms with E-state index in [1.165, 1.54) is 31.2 Å². The average Bonchev–Trinajstić information content (AvgIpc) is 3.29. The Balaban J connectivity index is 1.52. The van der Waals surface area contributed by atoms with Crippen LogP contribution in [0, 0.1) is 17.8 Å². The fourth-order valence-electron chi connectivity index (χ4n) is 7.05. The Morgan fingerprint density at radius 2 is 1.73 bits per heavy atom. The summed E-state index contributed by atoms with van der Waals surface area (Å²) in [6.45, 7) is 3.74. The fraction of sp³-hybridized carbons (Fsp3) is 0.333. The van der Waals surface area contributed by atoms with Gasteiger partial charge in [-0.2, -0.15) is 0 Å². The maximum absolute atomic E-state index is 14.0. The first kappa shape index (κ1) is 27.8. The van der Waals surface area contributed by atoms with Crippen LogP contribution in [0.2, 0.25) is 5.02 Å². The fourth-order valence-corrected chi connectivity index (χ4v) is 8.29. The zero-order valence-electron chi connectivity index (χ0n) is 22.1. The monoisotopic (exact) mass is 614 g/mol. The number of carbonyl (C=O) groups is 4. The molecule has 8 nitrogen and oxygen atoms in total. The molecule has 2 aromatic rings. The zero-order valence-corrected chi connectivity index (χ0v) is 24.3. The van der Waals surface area contributed by atoms with Crippen molar-refractivity contribution in [3.63, 3.8) is 0 Å². The minimum Gasteiger partial charge on any atom is -0.503 e. The van der Waals surface area contributed by atoms with Crippen LogP contribution in [-0.2, 0) is 19.2 Å². The van der Waals surface area contributed by atoms with Crippen LogP contribution in [0.4, 0.5) is 5.69 Å². The lowest BCUT2D eigenvalue weighted by atomic mass is 9.56. The topological polar surface area (TPSA) is 104 Å². The standard InChI is InChI=1S/C30H25Cl3N2O6/c1-4-14-5-7-16(8-6-14)35-25(37)18-10-9-17-19(22(18)26(35)38)13-29(32)27(39)34(2)28(40)30(29,33)23(17)15-11-20(31)24(36)21(12-15)41-3/h4-9,11-12,18-19,22-23,36H,1,10,13H2,2-3H3/t18-,19+,22-,23-,29+,30-/m0/s1. The van der Waals surface area contributed by atoms with Crippen molar-refractivity contribution >= 4 is 70.2 Å². The van der Waals surface area contributed by atoms with Gasteiger partial charge in [0.2, 0.25) is 11.8 Å². The minimum absolute atomic E-state index is 0.0377. The first-order valence-corrected chi connectivity index (χ1v) is 14.1. The number of phenols is 1. The molecule has 11 heteroatoms. The Bertz CT molecular complexity index is 1590. The highest BCUT2D eigenvalue weighted by molar-refractivity contribution is 6.53. The van der Waals surface area contributed by atoms with E-state index < -0.39 is 51.1 Å². The molecule has 0 aromatic heterocycles. The number of methoxy groups -OCH3 is 1. The van der Waals surface area contributed by atoms with Gasteiger partial charge in [-0.3, -0.25) is 29.0 Å². The number of phenolic OH excluding ortho intramolecular Hbond substituents is 1. The largest absolute Gasteiger partial charge is 0.503 e. The number of nitrogens with zero attached hydrogens (tertiary/aromatic N) is 2. The number of rotatable bonds is 4. The summed E-state index contributed by atoms with van der Waals surface area (Å²) in [5.74, 6) is -5.59. The summed E-state index contributed by atoms with van der Waals surface area (Å²) in [5.41, 5.74) is 2.26. The highest BCUT2D eigenvalue weighted by Gasteiger charge is 2.76. The van der Waals surface area contributed by atoms with Crippen molar-refractivity contribution in [3.8, 4) is 11.5 Å². The second kappa shape index (κ2) is 9.34. The second-order valence-corrected chi connectivity index (χ2v) is 12.5. The lowest BCUT2D eigenvalue weighted by molar-refractivity contribution is -0.138. The van der Waals surface area contributed by atoms with Crippen LogP contribution in [0.1, 0.15) is 29.9 Å². The third-order valence-corrected chi connectivity index (χ3v) is 10.7. The van der Waals surface area contributed by atoms with E-state index >= 15 is 0 Å². The molecule has 41 heavy (non-hydrogen) atoms. The van der Waals surface area contributed by atoms with Gasteiger partial charge in [-0.25, -0.2) is 0 Å². The molecule has 3 fully saturated rings. The van der Waals surface area contributed by atoms with Crippen molar-refractivity contribution in [2.45, 2.75) is 28.5 Å². The Kier molecular flexibility index (Phi) is 6.34. The van der Waals surface area contributed by atoms with E-state index in [0.29, 0.717) is 16.8 Å². The van der Waals surface area contributed by atoms with E-state index in [9.17, 15) is 24.3 Å². The Hall–Kier alpha value is -3.33. The summed E-state index contributed by atoms with van der Waals surface area (Å²) in [6, 6.07) is 9.85. The average molecular weight is 616 g/mol. The number of alkyl halides is 2. The number of imide groups is 2. The van der Waals surface area contributed by atoms with E-state index in [1.54, 1.807) is 30.3 Å². The molecular formula is C30H25Cl3N2O6. The molecule has 2 aliphatic carbocycles. The lowest BCUT2D eigenvalue weighted by Gasteiger charge is -2.50. The third kappa shape index (κ3) is 3.53. The highest BCUT2D eigenvalue weighted by atomic mass is 35.5. The number of aromatic hydroxyl groups is 1. The van der Waals surface area contributed by atoms with Gasteiger partial charge in [-0.15, -0.1) is 23.2 Å². The van der Waals surface area contributed by atoms with Crippen molar-refractivity contribution in [3.05, 3.63) is 70.8 Å². The number of likely N-dealkylation sites (tertiary alicyclic amines) is 1. The predicted molar refractivity (Wildman–Crippen MR) is 154 cm³/mol. The first-order valence-electron chi connectivity index (χ1n) is 13.0. The molecule has 4 aliphatic rings. The summed E-state index contributed by atoms with van der Waals surface area (Å²) in [6.07, 6.45) is 3.59. The number of carbonyl (C=O) groups excluding carboxylic acids is 4. The van der Waals surface area contributed by atoms with Crippen molar-refractivity contribution in [2.75, 3.05) is 19.1 Å². The Morgan fingerprint density at radius 1 is 1.05 bits per heavy atom. The van der Waals surface area contributed by atoms with Crippen LogP contribution in [-0.4, -0.2) is 57.5 Å². The summed E-state index contributed by atoms with van der Waals surface area (Å²) < 4.78 is 5.31. The molecule has 2 aliphatic heterocycles. The van der Waals surface area contributed by atoms with Gasteiger partial charge in [0.1, 0.15) is 0 Å². The van der Waals surface area contributed by atoms with Gasteiger partial charge in [0, 0.05) is 13.0 Å². The SMILES string of the molecule is C=Cc1ccc(N2C(=O)[C@H]3[C@H](CC=C4[C@H]3C[C@@]3(Cl)C(=O)N(C)C(=O)[C@@]3(Cl)[C@H]4c3cc(Cl)c(O)c(OC)c3)C2=O)cc1. The van der Waals surface area contributed by atoms with Gasteiger partial charge >= 0.3 is 0 Å². The van der Waals surface area contributed by atoms with E-state index in [0.717, 1.165) is 10.5 Å². The van der Waals surface area contributed by atoms with Crippen LogP contribution in [0.15, 0.2) is 54.6 Å². The second-order valence-electron chi connectivity index (χ2n) is 10.9. The van der Waals surface area contributed by atoms with Crippen LogP contribution < -0.4 is 9.64 Å². The molecule has 6 atom stereocenters. The molecular weight excluding hydrogens is 591 g/mol. The number of benzene rings is 2. The number of amides is 4. The van der Waals surface area contributed by atoms with Crippen LogP contribution in [0.5, 0.6) is 11.5 Å². The van der Waals surface area contributed by atoms with Crippen molar-refractivity contribution in [2.24, 2.45) is 17.8 Å². The molecule has 0 unspecified atom stereocenters. The van der Waals surface area contributed by atoms with Crippen molar-refractivity contribution in [1.82, 2.24) is 4.90 Å². The first-order chi connectivity index (χ1) is 19.4.